The molecule has 0 aliphatic carbocycles. The molecule has 0 aromatic carbocycles. The highest BCUT2D eigenvalue weighted by molar-refractivity contribution is 9.11. The van der Waals surface area contributed by atoms with Crippen molar-refractivity contribution >= 4 is 33.2 Å². The molecule has 0 aliphatic heterocycles. The van der Waals surface area contributed by atoms with Crippen LogP contribution in [0.3, 0.4) is 0 Å². The van der Waals surface area contributed by atoms with Crippen molar-refractivity contribution in [3.8, 4) is 0 Å². The highest BCUT2D eigenvalue weighted by Crippen LogP contribution is 2.21. The average Bonchev–Trinajstić information content (AvgIpc) is 2.86. The first-order valence-corrected chi connectivity index (χ1v) is 6.64. The van der Waals surface area contributed by atoms with Crippen LogP contribution in [0.1, 0.15) is 17.7 Å². The molecular formula is C10H10BrN3O2S. The van der Waals surface area contributed by atoms with Gasteiger partial charge in [0.25, 0.3) is 0 Å². The second kappa shape index (κ2) is 5.42. The van der Waals surface area contributed by atoms with Crippen LogP contribution in [-0.4, -0.2) is 26.1 Å². The Morgan fingerprint density at radius 2 is 2.41 bits per heavy atom. The predicted octanol–water partition coefficient (Wildman–Crippen LogP) is 2.17. The first-order valence-electron chi connectivity index (χ1n) is 4.97. The summed E-state index contributed by atoms with van der Waals surface area (Å²) >= 11 is 5.02. The Kier molecular flexibility index (Phi) is 3.90. The second-order valence-electron chi connectivity index (χ2n) is 3.56. The summed E-state index contributed by atoms with van der Waals surface area (Å²) in [5.74, 6) is -0.818. The number of halogens is 1. The van der Waals surface area contributed by atoms with E-state index in [1.165, 1.54) is 0 Å². The lowest BCUT2D eigenvalue weighted by Gasteiger charge is -1.95. The van der Waals surface area contributed by atoms with E-state index in [1.54, 1.807) is 22.2 Å². The number of aromatic nitrogens is 3. The van der Waals surface area contributed by atoms with Gasteiger partial charge in [0.15, 0.2) is 0 Å². The summed E-state index contributed by atoms with van der Waals surface area (Å²) in [6, 6.07) is 2.03. The summed E-state index contributed by atoms with van der Waals surface area (Å²) < 4.78 is 2.80. The Morgan fingerprint density at radius 3 is 3.06 bits per heavy atom. The molecule has 2 heterocycles. The predicted molar refractivity (Wildman–Crippen MR) is 67.1 cm³/mol. The van der Waals surface area contributed by atoms with Gasteiger partial charge in [-0.25, -0.2) is 4.68 Å². The number of thiophene rings is 1. The van der Waals surface area contributed by atoms with Crippen molar-refractivity contribution < 1.29 is 9.90 Å². The number of rotatable bonds is 5. The minimum atomic E-state index is -0.818. The fourth-order valence-corrected chi connectivity index (χ4v) is 2.58. The number of aliphatic carboxylic acids is 1. The van der Waals surface area contributed by atoms with E-state index >= 15 is 0 Å². The quantitative estimate of drug-likeness (QED) is 0.918. The molecule has 0 saturated heterocycles. The number of nitrogens with zero attached hydrogens (tertiary/aromatic N) is 3. The van der Waals surface area contributed by atoms with E-state index in [2.05, 4.69) is 26.2 Å². The van der Waals surface area contributed by atoms with Gasteiger partial charge < -0.3 is 5.11 Å². The van der Waals surface area contributed by atoms with Crippen LogP contribution in [0.4, 0.5) is 0 Å². The summed E-state index contributed by atoms with van der Waals surface area (Å²) in [5, 5.41) is 18.5. The average molecular weight is 316 g/mol. The fourth-order valence-electron chi connectivity index (χ4n) is 1.38. The van der Waals surface area contributed by atoms with Crippen molar-refractivity contribution in [1.29, 1.82) is 0 Å². The van der Waals surface area contributed by atoms with Gasteiger partial charge in [0.05, 0.1) is 22.4 Å². The topological polar surface area (TPSA) is 68.0 Å². The molecule has 0 atom stereocenters. The third kappa shape index (κ3) is 3.64. The van der Waals surface area contributed by atoms with E-state index in [9.17, 15) is 4.79 Å². The zero-order valence-electron chi connectivity index (χ0n) is 8.84. The molecule has 0 amide bonds. The maximum absolute atomic E-state index is 10.4. The molecular weight excluding hydrogens is 306 g/mol. The Hall–Kier alpha value is -1.21. The number of aryl methyl sites for hydroxylation is 1. The van der Waals surface area contributed by atoms with Gasteiger partial charge in [-0.1, -0.05) is 5.21 Å². The van der Waals surface area contributed by atoms with E-state index in [0.29, 0.717) is 18.7 Å². The number of hydrogen-bond donors (Lipinski definition) is 1. The molecule has 0 spiro atoms. The van der Waals surface area contributed by atoms with Crippen molar-refractivity contribution in [1.82, 2.24) is 15.0 Å². The summed E-state index contributed by atoms with van der Waals surface area (Å²) in [7, 11) is 0. The molecule has 7 heteroatoms. The standard InChI is InChI=1S/C10H10BrN3O2S/c11-9-3-7(6-17-9)4-14-5-8(12-13-14)1-2-10(15)16/h3,5-6H,1-2,4H2,(H,15,16). The zero-order chi connectivity index (χ0) is 12.3. The molecule has 90 valence electrons. The smallest absolute Gasteiger partial charge is 0.303 e. The SMILES string of the molecule is O=C(O)CCc1cn(Cc2csc(Br)c2)nn1. The Balaban J connectivity index is 1.96. The zero-order valence-corrected chi connectivity index (χ0v) is 11.2. The van der Waals surface area contributed by atoms with Crippen LogP contribution >= 0.6 is 27.3 Å². The molecule has 2 aromatic heterocycles. The van der Waals surface area contributed by atoms with Gasteiger partial charge in [-0.05, 0) is 32.9 Å². The van der Waals surface area contributed by atoms with E-state index in [0.717, 1.165) is 9.35 Å². The van der Waals surface area contributed by atoms with Crippen molar-refractivity contribution in [2.45, 2.75) is 19.4 Å². The van der Waals surface area contributed by atoms with Gasteiger partial charge in [0.2, 0.25) is 0 Å². The van der Waals surface area contributed by atoms with Crippen molar-refractivity contribution in [2.24, 2.45) is 0 Å². The summed E-state index contributed by atoms with van der Waals surface area (Å²) in [5.41, 5.74) is 1.86. The maximum atomic E-state index is 10.4. The van der Waals surface area contributed by atoms with Gasteiger partial charge in [0, 0.05) is 12.6 Å². The van der Waals surface area contributed by atoms with Crippen molar-refractivity contribution in [3.63, 3.8) is 0 Å². The van der Waals surface area contributed by atoms with Crippen LogP contribution in [0.5, 0.6) is 0 Å². The van der Waals surface area contributed by atoms with E-state index in [-0.39, 0.29) is 6.42 Å². The molecule has 0 aliphatic rings. The van der Waals surface area contributed by atoms with E-state index < -0.39 is 5.97 Å². The molecule has 0 unspecified atom stereocenters. The highest BCUT2D eigenvalue weighted by Gasteiger charge is 2.05. The number of carboxylic acids is 1. The molecule has 2 aromatic rings. The maximum Gasteiger partial charge on any atom is 0.303 e. The third-order valence-electron chi connectivity index (χ3n) is 2.15. The number of carbonyl (C=O) groups is 1. The monoisotopic (exact) mass is 315 g/mol. The van der Waals surface area contributed by atoms with Crippen LogP contribution in [0, 0.1) is 0 Å². The van der Waals surface area contributed by atoms with Crippen LogP contribution in [0.25, 0.3) is 0 Å². The Bertz CT molecular complexity index is 523. The lowest BCUT2D eigenvalue weighted by Crippen LogP contribution is -1.99. The minimum Gasteiger partial charge on any atom is -0.481 e. The molecule has 17 heavy (non-hydrogen) atoms. The van der Waals surface area contributed by atoms with E-state index in [1.807, 2.05) is 11.4 Å². The third-order valence-corrected chi connectivity index (χ3v) is 3.70. The normalized spacial score (nSPS) is 10.6. The molecule has 2 rings (SSSR count). The van der Waals surface area contributed by atoms with Gasteiger partial charge in [-0.2, -0.15) is 0 Å². The summed E-state index contributed by atoms with van der Waals surface area (Å²) in [6.07, 6.45) is 2.29. The van der Waals surface area contributed by atoms with Crippen LogP contribution < -0.4 is 0 Å². The first-order chi connectivity index (χ1) is 8.13. The Morgan fingerprint density at radius 1 is 1.59 bits per heavy atom. The lowest BCUT2D eigenvalue weighted by atomic mass is 10.2. The molecule has 0 fully saturated rings. The molecule has 0 radical (unpaired) electrons. The van der Waals surface area contributed by atoms with E-state index in [4.69, 9.17) is 5.11 Å². The highest BCUT2D eigenvalue weighted by atomic mass is 79.9. The second-order valence-corrected chi connectivity index (χ2v) is 5.85. The first kappa shape index (κ1) is 12.3. The van der Waals surface area contributed by atoms with Crippen molar-refractivity contribution in [2.75, 3.05) is 0 Å². The molecule has 5 nitrogen and oxygen atoms in total. The summed E-state index contributed by atoms with van der Waals surface area (Å²) in [6.45, 7) is 0.655. The van der Waals surface area contributed by atoms with Gasteiger partial charge in [0.1, 0.15) is 0 Å². The number of carboxylic acid groups (broad SMARTS) is 1. The fraction of sp³-hybridized carbons (Fsp3) is 0.300. The van der Waals surface area contributed by atoms with Gasteiger partial charge >= 0.3 is 5.97 Å². The lowest BCUT2D eigenvalue weighted by molar-refractivity contribution is -0.136. The molecule has 1 N–H and O–H groups in total. The van der Waals surface area contributed by atoms with Crippen LogP contribution in [0.2, 0.25) is 0 Å². The minimum absolute atomic E-state index is 0.0860. The van der Waals surface area contributed by atoms with Gasteiger partial charge in [-0.3, -0.25) is 4.79 Å². The Labute approximate surface area is 110 Å². The molecule has 0 saturated carbocycles. The molecule has 0 bridgehead atoms. The van der Waals surface area contributed by atoms with Crippen molar-refractivity contribution in [3.05, 3.63) is 32.7 Å². The summed E-state index contributed by atoms with van der Waals surface area (Å²) in [4.78, 5) is 10.4. The van der Waals surface area contributed by atoms with Crippen LogP contribution in [-0.2, 0) is 17.8 Å². The van der Waals surface area contributed by atoms with Crippen LogP contribution in [0.15, 0.2) is 21.4 Å². The largest absolute Gasteiger partial charge is 0.481 e. The van der Waals surface area contributed by atoms with Gasteiger partial charge in [-0.15, -0.1) is 16.4 Å². The number of hydrogen-bond acceptors (Lipinski definition) is 4.